The van der Waals surface area contributed by atoms with Crippen molar-refractivity contribution < 1.29 is 4.92 Å². The average Bonchev–Trinajstić information content (AvgIpc) is 2.74. The molecular weight excluding hydrogens is 309 g/mol. The van der Waals surface area contributed by atoms with Gasteiger partial charge in [0, 0.05) is 24.2 Å². The van der Waals surface area contributed by atoms with E-state index in [1.807, 2.05) is 0 Å². The zero-order valence-corrected chi connectivity index (χ0v) is 10.8. The van der Waals surface area contributed by atoms with Crippen LogP contribution in [0.25, 0.3) is 5.69 Å². The van der Waals surface area contributed by atoms with Crippen molar-refractivity contribution in [1.29, 1.82) is 0 Å². The highest BCUT2D eigenvalue weighted by Gasteiger charge is 2.11. The van der Waals surface area contributed by atoms with E-state index in [-0.39, 0.29) is 11.6 Å². The molecule has 0 fully saturated rings. The van der Waals surface area contributed by atoms with Gasteiger partial charge in [-0.1, -0.05) is 0 Å². The largest absolute Gasteiger partial charge is 0.269 e. The van der Waals surface area contributed by atoms with Crippen LogP contribution >= 0.6 is 27.5 Å². The Bertz CT molecular complexity index is 570. The van der Waals surface area contributed by atoms with Crippen LogP contribution < -0.4 is 0 Å². The molecule has 0 saturated carbocycles. The predicted octanol–water partition coefficient (Wildman–Crippen LogP) is 3.28. The van der Waals surface area contributed by atoms with Gasteiger partial charge in [-0.15, -0.1) is 11.6 Å². The SMILES string of the molecule is O=[N+]([O-])c1ccc(-n2cc(Br)cn2)c(CCl)c1. The van der Waals surface area contributed by atoms with Crippen molar-refractivity contribution in [3.8, 4) is 5.69 Å². The van der Waals surface area contributed by atoms with Crippen LogP contribution in [0.3, 0.4) is 0 Å². The molecule has 0 bridgehead atoms. The number of non-ortho nitro benzene ring substituents is 1. The van der Waals surface area contributed by atoms with Crippen LogP contribution in [-0.4, -0.2) is 14.7 Å². The van der Waals surface area contributed by atoms with E-state index in [0.29, 0.717) is 5.56 Å². The number of alkyl halides is 1. The van der Waals surface area contributed by atoms with Crippen LogP contribution in [0, 0.1) is 10.1 Å². The highest BCUT2D eigenvalue weighted by Crippen LogP contribution is 2.23. The van der Waals surface area contributed by atoms with Crippen molar-refractivity contribution in [2.45, 2.75) is 5.88 Å². The number of hydrogen-bond donors (Lipinski definition) is 0. The molecule has 0 aliphatic carbocycles. The Hall–Kier alpha value is -1.40. The first-order chi connectivity index (χ1) is 8.11. The van der Waals surface area contributed by atoms with Gasteiger partial charge in [0.25, 0.3) is 5.69 Å². The molecular formula is C10H7BrClN3O2. The summed E-state index contributed by atoms with van der Waals surface area (Å²) in [5.41, 5.74) is 1.42. The zero-order valence-electron chi connectivity index (χ0n) is 8.51. The average molecular weight is 317 g/mol. The molecule has 17 heavy (non-hydrogen) atoms. The quantitative estimate of drug-likeness (QED) is 0.496. The first kappa shape index (κ1) is 12.1. The van der Waals surface area contributed by atoms with Gasteiger partial charge in [0.2, 0.25) is 0 Å². The van der Waals surface area contributed by atoms with Crippen LogP contribution in [-0.2, 0) is 5.88 Å². The van der Waals surface area contributed by atoms with Crippen molar-refractivity contribution in [3.05, 3.63) is 50.7 Å². The second-order valence-electron chi connectivity index (χ2n) is 3.31. The third-order valence-corrected chi connectivity index (χ3v) is 2.91. The molecule has 0 aliphatic heterocycles. The predicted molar refractivity (Wildman–Crippen MR) is 67.5 cm³/mol. The van der Waals surface area contributed by atoms with Crippen LogP contribution in [0.5, 0.6) is 0 Å². The number of rotatable bonds is 3. The Morgan fingerprint density at radius 2 is 2.29 bits per heavy atom. The number of benzene rings is 1. The maximum Gasteiger partial charge on any atom is 0.269 e. The summed E-state index contributed by atoms with van der Waals surface area (Å²) < 4.78 is 2.45. The van der Waals surface area contributed by atoms with E-state index >= 15 is 0 Å². The summed E-state index contributed by atoms with van der Waals surface area (Å²) in [4.78, 5) is 10.2. The first-order valence-corrected chi connectivity index (χ1v) is 5.98. The lowest BCUT2D eigenvalue weighted by atomic mass is 10.2. The second-order valence-corrected chi connectivity index (χ2v) is 4.49. The molecule has 0 amide bonds. The molecule has 0 saturated heterocycles. The Balaban J connectivity index is 2.51. The third-order valence-electron chi connectivity index (χ3n) is 2.22. The summed E-state index contributed by atoms with van der Waals surface area (Å²) in [6.45, 7) is 0. The third kappa shape index (κ3) is 2.48. The minimum atomic E-state index is -0.446. The van der Waals surface area contributed by atoms with Gasteiger partial charge in [0.15, 0.2) is 0 Å². The maximum absolute atomic E-state index is 10.7. The Morgan fingerprint density at radius 1 is 1.53 bits per heavy atom. The monoisotopic (exact) mass is 315 g/mol. The molecule has 5 nitrogen and oxygen atoms in total. The topological polar surface area (TPSA) is 61.0 Å². The Labute approximate surface area is 110 Å². The van der Waals surface area contributed by atoms with Gasteiger partial charge in [-0.25, -0.2) is 4.68 Å². The van der Waals surface area contributed by atoms with Crippen LogP contribution in [0.2, 0.25) is 0 Å². The number of nitro benzene ring substituents is 1. The van der Waals surface area contributed by atoms with Crippen LogP contribution in [0.15, 0.2) is 35.1 Å². The fourth-order valence-corrected chi connectivity index (χ4v) is 1.95. The van der Waals surface area contributed by atoms with E-state index in [1.165, 1.54) is 12.1 Å². The van der Waals surface area contributed by atoms with E-state index in [9.17, 15) is 10.1 Å². The summed E-state index contributed by atoms with van der Waals surface area (Å²) in [5.74, 6) is 0.189. The van der Waals surface area contributed by atoms with Crippen molar-refractivity contribution in [2.24, 2.45) is 0 Å². The van der Waals surface area contributed by atoms with Crippen molar-refractivity contribution in [2.75, 3.05) is 0 Å². The summed E-state index contributed by atoms with van der Waals surface area (Å²) in [6.07, 6.45) is 3.40. The highest BCUT2D eigenvalue weighted by atomic mass is 79.9. The molecule has 2 aromatic rings. The normalized spacial score (nSPS) is 10.5. The second kappa shape index (κ2) is 4.85. The van der Waals surface area contributed by atoms with Crippen LogP contribution in [0.1, 0.15) is 5.56 Å². The molecule has 1 aromatic heterocycles. The van der Waals surface area contributed by atoms with E-state index in [4.69, 9.17) is 11.6 Å². The summed E-state index contributed by atoms with van der Waals surface area (Å²) >= 11 is 9.08. The number of nitro groups is 1. The molecule has 0 N–H and O–H groups in total. The van der Waals surface area contributed by atoms with E-state index < -0.39 is 4.92 Å². The molecule has 1 heterocycles. The van der Waals surface area contributed by atoms with Gasteiger partial charge in [-0.3, -0.25) is 10.1 Å². The maximum atomic E-state index is 10.7. The minimum Gasteiger partial charge on any atom is -0.258 e. The van der Waals surface area contributed by atoms with Crippen molar-refractivity contribution in [3.63, 3.8) is 0 Å². The molecule has 0 aliphatic rings. The molecule has 0 spiro atoms. The van der Waals surface area contributed by atoms with Gasteiger partial charge in [-0.2, -0.15) is 5.10 Å². The van der Waals surface area contributed by atoms with E-state index in [2.05, 4.69) is 21.0 Å². The van der Waals surface area contributed by atoms with E-state index in [1.54, 1.807) is 23.1 Å². The molecule has 0 unspecified atom stereocenters. The number of aromatic nitrogens is 2. The molecule has 0 radical (unpaired) electrons. The minimum absolute atomic E-state index is 0.0237. The molecule has 2 rings (SSSR count). The summed E-state index contributed by atoms with van der Waals surface area (Å²) in [5, 5.41) is 14.8. The molecule has 0 atom stereocenters. The Kier molecular flexibility index (Phi) is 3.44. The molecule has 7 heteroatoms. The lowest BCUT2D eigenvalue weighted by molar-refractivity contribution is -0.384. The van der Waals surface area contributed by atoms with Crippen LogP contribution in [0.4, 0.5) is 5.69 Å². The lowest BCUT2D eigenvalue weighted by Gasteiger charge is -2.06. The van der Waals surface area contributed by atoms with Gasteiger partial charge in [0.1, 0.15) is 0 Å². The van der Waals surface area contributed by atoms with E-state index in [0.717, 1.165) is 10.2 Å². The summed E-state index contributed by atoms with van der Waals surface area (Å²) in [7, 11) is 0. The van der Waals surface area contributed by atoms with Gasteiger partial charge in [-0.05, 0) is 27.6 Å². The van der Waals surface area contributed by atoms with Crippen molar-refractivity contribution >= 4 is 33.2 Å². The number of hydrogen-bond acceptors (Lipinski definition) is 3. The molecule has 1 aromatic carbocycles. The number of halogens is 2. The zero-order chi connectivity index (χ0) is 12.4. The smallest absolute Gasteiger partial charge is 0.258 e. The Morgan fingerprint density at radius 3 is 2.82 bits per heavy atom. The first-order valence-electron chi connectivity index (χ1n) is 4.65. The summed E-state index contributed by atoms with van der Waals surface area (Å²) in [6, 6.07) is 4.52. The standard InChI is InChI=1S/C10H7BrClN3O2/c11-8-5-13-14(6-8)10-2-1-9(15(16)17)3-7(10)4-12/h1-3,5-6H,4H2. The lowest BCUT2D eigenvalue weighted by Crippen LogP contribution is -2.00. The van der Waals surface area contributed by atoms with Crippen molar-refractivity contribution in [1.82, 2.24) is 9.78 Å². The highest BCUT2D eigenvalue weighted by molar-refractivity contribution is 9.10. The fraction of sp³-hybridized carbons (Fsp3) is 0.100. The number of nitrogens with zero attached hydrogens (tertiary/aromatic N) is 3. The molecule has 88 valence electrons. The van der Waals surface area contributed by atoms with Gasteiger partial charge in [0.05, 0.1) is 21.3 Å². The van der Waals surface area contributed by atoms with Gasteiger partial charge < -0.3 is 0 Å². The van der Waals surface area contributed by atoms with Gasteiger partial charge >= 0.3 is 0 Å². The fourth-order valence-electron chi connectivity index (χ4n) is 1.45.